The smallest absolute Gasteiger partial charge is 0.326 e. The van der Waals surface area contributed by atoms with Gasteiger partial charge in [0.15, 0.2) is 0 Å². The molecular formula is C13H16F3N3O. The topological polar surface area (TPSA) is 58.4 Å². The van der Waals surface area contributed by atoms with Crippen LogP contribution in [0.5, 0.6) is 0 Å². The molecule has 0 saturated carbocycles. The largest absolute Gasteiger partial charge is 0.416 e. The highest BCUT2D eigenvalue weighted by Crippen LogP contribution is 2.30. The van der Waals surface area contributed by atoms with E-state index in [0.717, 1.165) is 12.1 Å². The Balaban J connectivity index is 2.05. The number of hydrogen-bond donors (Lipinski definition) is 2. The fourth-order valence-electron chi connectivity index (χ4n) is 2.13. The number of nitrogens with two attached hydrogens (primary N) is 1. The third-order valence-electron chi connectivity index (χ3n) is 3.40. The SMILES string of the molecule is CC1CN(C(=O)Nc2cccc(C(F)(F)F)c2)CC1N. The van der Waals surface area contributed by atoms with E-state index in [9.17, 15) is 18.0 Å². The van der Waals surface area contributed by atoms with Crippen LogP contribution < -0.4 is 11.1 Å². The van der Waals surface area contributed by atoms with E-state index in [2.05, 4.69) is 5.32 Å². The summed E-state index contributed by atoms with van der Waals surface area (Å²) >= 11 is 0. The number of likely N-dealkylation sites (tertiary alicyclic amines) is 1. The standard InChI is InChI=1S/C13H16F3N3O/c1-8-6-19(7-11(8)17)12(20)18-10-4-2-3-9(5-10)13(14,15)16/h2-5,8,11H,6-7,17H2,1H3,(H,18,20). The number of rotatable bonds is 1. The summed E-state index contributed by atoms with van der Waals surface area (Å²) < 4.78 is 37.7. The lowest BCUT2D eigenvalue weighted by molar-refractivity contribution is -0.137. The molecule has 0 bridgehead atoms. The third kappa shape index (κ3) is 3.22. The van der Waals surface area contributed by atoms with Crippen molar-refractivity contribution in [2.24, 2.45) is 11.7 Å². The Morgan fingerprint density at radius 2 is 2.10 bits per heavy atom. The molecule has 0 radical (unpaired) electrons. The highest BCUT2D eigenvalue weighted by molar-refractivity contribution is 5.89. The first-order valence-electron chi connectivity index (χ1n) is 6.26. The number of nitrogens with one attached hydrogen (secondary N) is 1. The van der Waals surface area contributed by atoms with Crippen molar-refractivity contribution < 1.29 is 18.0 Å². The van der Waals surface area contributed by atoms with E-state index in [1.165, 1.54) is 17.0 Å². The van der Waals surface area contributed by atoms with Crippen LogP contribution in [-0.4, -0.2) is 30.1 Å². The average molecular weight is 287 g/mol. The molecular weight excluding hydrogens is 271 g/mol. The minimum atomic E-state index is -4.43. The lowest BCUT2D eigenvalue weighted by atomic mass is 10.1. The summed E-state index contributed by atoms with van der Waals surface area (Å²) in [6, 6.07) is 4.04. The molecule has 4 nitrogen and oxygen atoms in total. The molecule has 0 spiro atoms. The quantitative estimate of drug-likeness (QED) is 0.834. The van der Waals surface area contributed by atoms with E-state index >= 15 is 0 Å². The summed E-state index contributed by atoms with van der Waals surface area (Å²) in [5, 5.41) is 2.47. The molecule has 1 fully saturated rings. The maximum Gasteiger partial charge on any atom is 0.416 e. The van der Waals surface area contributed by atoms with Crippen LogP contribution in [0.25, 0.3) is 0 Å². The Morgan fingerprint density at radius 3 is 2.65 bits per heavy atom. The monoisotopic (exact) mass is 287 g/mol. The number of urea groups is 1. The maximum absolute atomic E-state index is 12.6. The zero-order valence-corrected chi connectivity index (χ0v) is 10.9. The van der Waals surface area contributed by atoms with E-state index in [-0.39, 0.29) is 17.6 Å². The second-order valence-electron chi connectivity index (χ2n) is 5.05. The Hall–Kier alpha value is -1.76. The van der Waals surface area contributed by atoms with Crippen molar-refractivity contribution in [1.82, 2.24) is 4.90 Å². The number of benzene rings is 1. The molecule has 1 aromatic rings. The van der Waals surface area contributed by atoms with Crippen LogP contribution in [0.2, 0.25) is 0 Å². The number of carbonyl (C=O) groups is 1. The predicted octanol–water partition coefficient (Wildman–Crippen LogP) is 2.52. The van der Waals surface area contributed by atoms with Gasteiger partial charge in [-0.05, 0) is 24.1 Å². The zero-order chi connectivity index (χ0) is 14.9. The number of halogens is 3. The number of alkyl halides is 3. The highest BCUT2D eigenvalue weighted by atomic mass is 19.4. The minimum Gasteiger partial charge on any atom is -0.326 e. The van der Waals surface area contributed by atoms with Crippen molar-refractivity contribution >= 4 is 11.7 Å². The average Bonchev–Trinajstić information content (AvgIpc) is 2.69. The van der Waals surface area contributed by atoms with Gasteiger partial charge in [-0.2, -0.15) is 13.2 Å². The summed E-state index contributed by atoms with van der Waals surface area (Å²) in [5.41, 5.74) is 5.14. The number of carbonyl (C=O) groups excluding carboxylic acids is 1. The molecule has 2 atom stereocenters. The second-order valence-corrected chi connectivity index (χ2v) is 5.05. The van der Waals surface area contributed by atoms with Crippen LogP contribution in [0.1, 0.15) is 12.5 Å². The molecule has 2 rings (SSSR count). The number of nitrogens with zero attached hydrogens (tertiary/aromatic N) is 1. The number of hydrogen-bond acceptors (Lipinski definition) is 2. The molecule has 1 aliphatic rings. The number of amides is 2. The zero-order valence-electron chi connectivity index (χ0n) is 10.9. The van der Waals surface area contributed by atoms with Gasteiger partial charge in [0.2, 0.25) is 0 Å². The molecule has 1 heterocycles. The molecule has 1 aromatic carbocycles. The molecule has 1 saturated heterocycles. The lowest BCUT2D eigenvalue weighted by Crippen LogP contribution is -2.35. The first-order chi connectivity index (χ1) is 9.27. The first kappa shape index (κ1) is 14.6. The second kappa shape index (κ2) is 5.32. The van der Waals surface area contributed by atoms with E-state index in [4.69, 9.17) is 5.73 Å². The molecule has 1 aliphatic heterocycles. The fourth-order valence-corrected chi connectivity index (χ4v) is 2.13. The van der Waals surface area contributed by atoms with Crippen LogP contribution in [0.3, 0.4) is 0 Å². The van der Waals surface area contributed by atoms with Gasteiger partial charge < -0.3 is 16.0 Å². The van der Waals surface area contributed by atoms with Crippen molar-refractivity contribution in [3.05, 3.63) is 29.8 Å². The van der Waals surface area contributed by atoms with Gasteiger partial charge in [-0.15, -0.1) is 0 Å². The summed E-state index contributed by atoms with van der Waals surface area (Å²) in [4.78, 5) is 13.5. The number of anilines is 1. The van der Waals surface area contributed by atoms with E-state index in [1.54, 1.807) is 0 Å². The van der Waals surface area contributed by atoms with Gasteiger partial charge in [0.1, 0.15) is 0 Å². The summed E-state index contributed by atoms with van der Waals surface area (Å²) in [6.45, 7) is 2.85. The Bertz CT molecular complexity index is 494. The van der Waals surface area contributed by atoms with Crippen LogP contribution in [0.15, 0.2) is 24.3 Å². The molecule has 3 N–H and O–H groups in total. The summed E-state index contributed by atoms with van der Waals surface area (Å²) in [5.74, 6) is 0.183. The van der Waals surface area contributed by atoms with Gasteiger partial charge in [0.25, 0.3) is 0 Å². The molecule has 110 valence electrons. The Labute approximate surface area is 114 Å². The third-order valence-corrected chi connectivity index (χ3v) is 3.40. The van der Waals surface area contributed by atoms with Crippen molar-refractivity contribution in [2.45, 2.75) is 19.1 Å². The van der Waals surface area contributed by atoms with Gasteiger partial charge in [0.05, 0.1) is 5.56 Å². The minimum absolute atomic E-state index is 0.0951. The van der Waals surface area contributed by atoms with Crippen molar-refractivity contribution in [3.63, 3.8) is 0 Å². The molecule has 0 aliphatic carbocycles. The Kier molecular flexibility index (Phi) is 3.89. The van der Waals surface area contributed by atoms with Gasteiger partial charge in [-0.25, -0.2) is 4.79 Å². The molecule has 0 aromatic heterocycles. The summed E-state index contributed by atoms with van der Waals surface area (Å²) in [7, 11) is 0. The molecule has 7 heteroatoms. The van der Waals surface area contributed by atoms with Crippen LogP contribution >= 0.6 is 0 Å². The fraction of sp³-hybridized carbons (Fsp3) is 0.462. The molecule has 2 unspecified atom stereocenters. The normalized spacial score (nSPS) is 22.9. The van der Waals surface area contributed by atoms with Crippen LogP contribution in [0.4, 0.5) is 23.7 Å². The van der Waals surface area contributed by atoms with Gasteiger partial charge in [-0.3, -0.25) is 0 Å². The summed E-state index contributed by atoms with van der Waals surface area (Å²) in [6.07, 6.45) is -4.43. The van der Waals surface area contributed by atoms with Gasteiger partial charge >= 0.3 is 12.2 Å². The lowest BCUT2D eigenvalue weighted by Gasteiger charge is -2.17. The maximum atomic E-state index is 12.6. The van der Waals surface area contributed by atoms with Crippen molar-refractivity contribution in [3.8, 4) is 0 Å². The van der Waals surface area contributed by atoms with Crippen LogP contribution in [0, 0.1) is 5.92 Å². The first-order valence-corrected chi connectivity index (χ1v) is 6.26. The van der Waals surface area contributed by atoms with Crippen molar-refractivity contribution in [1.29, 1.82) is 0 Å². The predicted molar refractivity (Wildman–Crippen MR) is 69.2 cm³/mol. The van der Waals surface area contributed by atoms with E-state index < -0.39 is 17.8 Å². The molecule has 2 amide bonds. The van der Waals surface area contributed by atoms with E-state index in [1.807, 2.05) is 6.92 Å². The van der Waals surface area contributed by atoms with Gasteiger partial charge in [-0.1, -0.05) is 13.0 Å². The van der Waals surface area contributed by atoms with Crippen LogP contribution in [-0.2, 0) is 6.18 Å². The van der Waals surface area contributed by atoms with Crippen molar-refractivity contribution in [2.75, 3.05) is 18.4 Å². The Morgan fingerprint density at radius 1 is 1.40 bits per heavy atom. The molecule has 20 heavy (non-hydrogen) atoms. The van der Waals surface area contributed by atoms with Gasteiger partial charge in [0, 0.05) is 24.8 Å². The van der Waals surface area contributed by atoms with E-state index in [0.29, 0.717) is 13.1 Å². The highest BCUT2D eigenvalue weighted by Gasteiger charge is 2.32.